The molecule has 0 aromatic heterocycles. The molecule has 0 saturated heterocycles. The van der Waals surface area contributed by atoms with Gasteiger partial charge in [0.05, 0.1) is 23.7 Å². The maximum absolute atomic E-state index is 13.2. The molecule has 2 aromatic rings. The molecule has 0 bridgehead atoms. The molecule has 9 heteroatoms. The summed E-state index contributed by atoms with van der Waals surface area (Å²) in [5.74, 6) is 1.17. The van der Waals surface area contributed by atoms with Gasteiger partial charge in [0.1, 0.15) is 6.61 Å². The third-order valence-corrected chi connectivity index (χ3v) is 7.63. The SMILES string of the molecule is C=CCOC(=O)C1=C(C)N=C2SC=C(CC(=O)NCc3ccc4c(c3)OCO4)N2[C@@H]1c1ccc(C(C)C)cc1. The summed E-state index contributed by atoms with van der Waals surface area (Å²) in [5.41, 5.74) is 4.85. The van der Waals surface area contributed by atoms with E-state index >= 15 is 0 Å². The number of hydrogen-bond acceptors (Lipinski definition) is 8. The summed E-state index contributed by atoms with van der Waals surface area (Å²) in [6.45, 7) is 10.4. The van der Waals surface area contributed by atoms with Crippen LogP contribution in [0.4, 0.5) is 0 Å². The Hall–Kier alpha value is -3.98. The van der Waals surface area contributed by atoms with Crippen LogP contribution in [0.25, 0.3) is 0 Å². The summed E-state index contributed by atoms with van der Waals surface area (Å²) in [4.78, 5) is 33.0. The van der Waals surface area contributed by atoms with Crippen molar-refractivity contribution in [1.82, 2.24) is 10.2 Å². The van der Waals surface area contributed by atoms with Crippen molar-refractivity contribution in [3.63, 3.8) is 0 Å². The number of allylic oxidation sites excluding steroid dienone is 1. The maximum atomic E-state index is 13.2. The summed E-state index contributed by atoms with van der Waals surface area (Å²) >= 11 is 1.45. The van der Waals surface area contributed by atoms with Crippen molar-refractivity contribution in [3.8, 4) is 11.5 Å². The third-order valence-electron chi connectivity index (χ3n) is 6.74. The number of nitrogens with zero attached hydrogens (tertiary/aromatic N) is 2. The smallest absolute Gasteiger partial charge is 0.338 e. The number of amides is 1. The minimum atomic E-state index is -0.473. The minimum absolute atomic E-state index is 0.102. The number of carbonyl (C=O) groups excluding carboxylic acids is 2. The lowest BCUT2D eigenvalue weighted by Gasteiger charge is -2.36. The number of ether oxygens (including phenoxy) is 3. The van der Waals surface area contributed by atoms with Gasteiger partial charge in [0.25, 0.3) is 0 Å². The van der Waals surface area contributed by atoms with Crippen LogP contribution in [0.1, 0.15) is 55.8 Å². The Morgan fingerprint density at radius 3 is 2.72 bits per heavy atom. The number of thioether (sulfide) groups is 1. The van der Waals surface area contributed by atoms with E-state index in [1.165, 1.54) is 17.3 Å². The number of rotatable bonds is 9. The number of benzene rings is 2. The van der Waals surface area contributed by atoms with Crippen molar-refractivity contribution in [2.45, 2.75) is 45.7 Å². The Balaban J connectivity index is 1.38. The fourth-order valence-electron chi connectivity index (χ4n) is 4.70. The molecule has 1 amide bonds. The Morgan fingerprint density at radius 1 is 1.21 bits per heavy atom. The molecule has 0 unspecified atom stereocenters. The molecular formula is C30H31N3O5S. The van der Waals surface area contributed by atoms with Crippen molar-refractivity contribution >= 4 is 28.8 Å². The standard InChI is InChI=1S/C30H31N3O5S/c1-5-12-36-29(35)27-19(4)32-30-33(28(27)22-9-7-21(8-10-22)18(2)3)23(16-39-30)14-26(34)31-15-20-6-11-24-25(13-20)38-17-37-24/h5-11,13,16,18,28H,1,12,14-15,17H2,2-4H3,(H,31,34)/t28-/m1/s1. The van der Waals surface area contributed by atoms with Gasteiger partial charge in [-0.2, -0.15) is 0 Å². The molecule has 0 saturated carbocycles. The van der Waals surface area contributed by atoms with E-state index < -0.39 is 12.0 Å². The number of hydrogen-bond donors (Lipinski definition) is 1. The van der Waals surface area contributed by atoms with E-state index in [1.54, 1.807) is 6.08 Å². The highest BCUT2D eigenvalue weighted by atomic mass is 32.2. The predicted octanol–water partition coefficient (Wildman–Crippen LogP) is 5.55. The summed E-state index contributed by atoms with van der Waals surface area (Å²) in [6, 6.07) is 13.4. The molecular weight excluding hydrogens is 514 g/mol. The average Bonchev–Trinajstić information content (AvgIpc) is 3.56. The van der Waals surface area contributed by atoms with Crippen LogP contribution in [0.15, 0.2) is 82.5 Å². The van der Waals surface area contributed by atoms with Crippen LogP contribution in [0.5, 0.6) is 11.5 Å². The van der Waals surface area contributed by atoms with Gasteiger partial charge in [-0.05, 0) is 47.1 Å². The summed E-state index contributed by atoms with van der Waals surface area (Å²) < 4.78 is 16.3. The van der Waals surface area contributed by atoms with E-state index in [2.05, 4.69) is 37.9 Å². The second-order valence-corrected chi connectivity index (χ2v) is 10.6. The lowest BCUT2D eigenvalue weighted by molar-refractivity contribution is -0.138. The number of fused-ring (bicyclic) bond motifs is 2. The van der Waals surface area contributed by atoms with E-state index in [0.717, 1.165) is 22.0 Å². The Labute approximate surface area is 232 Å². The minimum Gasteiger partial charge on any atom is -0.458 e. The quantitative estimate of drug-likeness (QED) is 0.326. The van der Waals surface area contributed by atoms with E-state index in [9.17, 15) is 9.59 Å². The van der Waals surface area contributed by atoms with Gasteiger partial charge in [0.15, 0.2) is 16.7 Å². The zero-order chi connectivity index (χ0) is 27.5. The summed E-state index contributed by atoms with van der Waals surface area (Å²) in [7, 11) is 0. The van der Waals surface area contributed by atoms with Crippen molar-refractivity contribution in [2.24, 2.45) is 4.99 Å². The molecule has 5 rings (SSSR count). The lowest BCUT2D eigenvalue weighted by atomic mass is 9.92. The monoisotopic (exact) mass is 545 g/mol. The zero-order valence-electron chi connectivity index (χ0n) is 22.2. The van der Waals surface area contributed by atoms with Crippen molar-refractivity contribution in [1.29, 1.82) is 0 Å². The maximum Gasteiger partial charge on any atom is 0.338 e. The fraction of sp³-hybridized carbons (Fsp3) is 0.300. The molecule has 1 N–H and O–H groups in total. The molecule has 3 heterocycles. The summed E-state index contributed by atoms with van der Waals surface area (Å²) in [5, 5.41) is 5.65. The number of esters is 1. The Morgan fingerprint density at radius 2 is 1.97 bits per heavy atom. The van der Waals surface area contributed by atoms with E-state index in [4.69, 9.17) is 19.2 Å². The van der Waals surface area contributed by atoms with E-state index in [-0.39, 0.29) is 25.7 Å². The first-order chi connectivity index (χ1) is 18.9. The first-order valence-electron chi connectivity index (χ1n) is 12.8. The lowest BCUT2D eigenvalue weighted by Crippen LogP contribution is -2.38. The Kier molecular flexibility index (Phi) is 7.79. The van der Waals surface area contributed by atoms with Gasteiger partial charge in [-0.15, -0.1) is 0 Å². The first-order valence-corrected chi connectivity index (χ1v) is 13.7. The molecule has 8 nitrogen and oxygen atoms in total. The van der Waals surface area contributed by atoms with Gasteiger partial charge in [-0.25, -0.2) is 9.79 Å². The molecule has 3 aliphatic heterocycles. The molecule has 0 radical (unpaired) electrons. The van der Waals surface area contributed by atoms with Gasteiger partial charge >= 0.3 is 5.97 Å². The summed E-state index contributed by atoms with van der Waals surface area (Å²) in [6.07, 6.45) is 1.67. The molecule has 39 heavy (non-hydrogen) atoms. The van der Waals surface area contributed by atoms with Crippen LogP contribution >= 0.6 is 11.8 Å². The molecule has 1 atom stereocenters. The van der Waals surface area contributed by atoms with Crippen molar-refractivity contribution < 1.29 is 23.8 Å². The fourth-order valence-corrected chi connectivity index (χ4v) is 5.66. The highest BCUT2D eigenvalue weighted by molar-refractivity contribution is 8.16. The van der Waals surface area contributed by atoms with Crippen molar-refractivity contribution in [2.75, 3.05) is 13.4 Å². The normalized spacial score (nSPS) is 17.5. The van der Waals surface area contributed by atoms with Gasteiger partial charge in [0.2, 0.25) is 12.7 Å². The van der Waals surface area contributed by atoms with Crippen LogP contribution in [-0.2, 0) is 20.9 Å². The molecule has 3 aliphatic rings. The van der Waals surface area contributed by atoms with Crippen molar-refractivity contribution in [3.05, 3.63) is 94.2 Å². The molecule has 202 valence electrons. The third kappa shape index (κ3) is 5.59. The number of amidine groups is 1. The number of nitrogens with one attached hydrogen (secondary N) is 1. The Bertz CT molecular complexity index is 1390. The van der Waals surface area contributed by atoms with E-state index in [0.29, 0.717) is 35.2 Å². The first kappa shape index (κ1) is 26.6. The number of carbonyl (C=O) groups is 2. The largest absolute Gasteiger partial charge is 0.458 e. The van der Waals surface area contributed by atoms with Gasteiger partial charge in [-0.3, -0.25) is 4.79 Å². The topological polar surface area (TPSA) is 89.5 Å². The second kappa shape index (κ2) is 11.4. The van der Waals surface area contributed by atoms with Gasteiger partial charge in [-0.1, -0.05) is 68.6 Å². The predicted molar refractivity (Wildman–Crippen MR) is 151 cm³/mol. The average molecular weight is 546 g/mol. The molecule has 0 aliphatic carbocycles. The van der Waals surface area contributed by atoms with Crippen LogP contribution < -0.4 is 14.8 Å². The molecule has 0 fully saturated rings. The van der Waals surface area contributed by atoms with Crippen LogP contribution in [-0.4, -0.2) is 35.3 Å². The van der Waals surface area contributed by atoms with Gasteiger partial charge in [0, 0.05) is 12.2 Å². The van der Waals surface area contributed by atoms with Crippen LogP contribution in [0, 0.1) is 0 Å². The van der Waals surface area contributed by atoms with E-state index in [1.807, 2.05) is 47.6 Å². The number of aliphatic imine (C=N–C) groups is 1. The highest BCUT2D eigenvalue weighted by Gasteiger charge is 2.41. The zero-order valence-corrected chi connectivity index (χ0v) is 23.0. The van der Waals surface area contributed by atoms with Crippen LogP contribution in [0.2, 0.25) is 0 Å². The molecule has 2 aromatic carbocycles. The molecule has 0 spiro atoms. The van der Waals surface area contributed by atoms with Gasteiger partial charge < -0.3 is 24.4 Å². The van der Waals surface area contributed by atoms with Crippen LogP contribution in [0.3, 0.4) is 0 Å². The second-order valence-electron chi connectivity index (χ2n) is 9.74. The highest BCUT2D eigenvalue weighted by Crippen LogP contribution is 2.45.